The monoisotopic (exact) mass is 452 g/mol. The third kappa shape index (κ3) is 5.07. The molecule has 28 heavy (non-hydrogen) atoms. The summed E-state index contributed by atoms with van der Waals surface area (Å²) in [6.07, 6.45) is 0. The Hall–Kier alpha value is -2.94. The predicted octanol–water partition coefficient (Wildman–Crippen LogP) is 2.95. The summed E-state index contributed by atoms with van der Waals surface area (Å²) < 4.78 is 21.6. The molecule has 0 spiro atoms. The molecule has 0 aliphatic carbocycles. The Morgan fingerprint density at radius 2 is 1.39 bits per heavy atom. The molecule has 2 aromatic rings. The fourth-order valence-electron chi connectivity index (χ4n) is 2.33. The summed E-state index contributed by atoms with van der Waals surface area (Å²) in [7, 11) is 4.44. The van der Waals surface area contributed by atoms with E-state index in [2.05, 4.69) is 26.8 Å². The van der Waals surface area contributed by atoms with Gasteiger partial charge in [-0.2, -0.15) is 0 Å². The van der Waals surface area contributed by atoms with Crippen molar-refractivity contribution in [1.82, 2.24) is 10.9 Å². The maximum Gasteiger partial charge on any atom is 0.269 e. The van der Waals surface area contributed by atoms with Crippen molar-refractivity contribution < 1.29 is 28.5 Å². The molecule has 2 aromatic carbocycles. The highest BCUT2D eigenvalue weighted by molar-refractivity contribution is 9.10. The van der Waals surface area contributed by atoms with Crippen LogP contribution < -0.4 is 29.8 Å². The van der Waals surface area contributed by atoms with E-state index >= 15 is 0 Å². The Morgan fingerprint density at radius 3 is 1.86 bits per heavy atom. The predicted molar refractivity (Wildman–Crippen MR) is 106 cm³/mol. The molecule has 2 rings (SSSR count). The second-order valence-corrected chi connectivity index (χ2v) is 6.29. The largest absolute Gasteiger partial charge is 0.497 e. The molecule has 8 nitrogen and oxygen atoms in total. The average molecular weight is 453 g/mol. The average Bonchev–Trinajstić information content (AvgIpc) is 2.72. The van der Waals surface area contributed by atoms with Gasteiger partial charge in [-0.05, 0) is 47.1 Å². The number of carbonyl (C=O) groups is 2. The van der Waals surface area contributed by atoms with E-state index in [4.69, 9.17) is 18.9 Å². The lowest BCUT2D eigenvalue weighted by Crippen LogP contribution is -2.41. The lowest BCUT2D eigenvalue weighted by molar-refractivity contribution is 0.0846. The number of methoxy groups -OCH3 is 3. The molecule has 0 heterocycles. The van der Waals surface area contributed by atoms with Gasteiger partial charge in [0.15, 0.2) is 11.5 Å². The van der Waals surface area contributed by atoms with Gasteiger partial charge in [0.2, 0.25) is 0 Å². The van der Waals surface area contributed by atoms with Crippen LogP contribution in [0.1, 0.15) is 27.6 Å². The second kappa shape index (κ2) is 9.84. The maximum absolute atomic E-state index is 12.4. The van der Waals surface area contributed by atoms with Gasteiger partial charge in [-0.1, -0.05) is 0 Å². The number of carbonyl (C=O) groups excluding carboxylic acids is 2. The molecule has 2 amide bonds. The molecule has 0 aliphatic rings. The van der Waals surface area contributed by atoms with Crippen LogP contribution in [0, 0.1) is 0 Å². The summed E-state index contributed by atoms with van der Waals surface area (Å²) in [6.45, 7) is 2.29. The van der Waals surface area contributed by atoms with Crippen molar-refractivity contribution >= 4 is 27.7 Å². The molecule has 0 bridgehead atoms. The molecule has 0 aliphatic heterocycles. The number of hydrazine groups is 1. The fourth-order valence-corrected chi connectivity index (χ4v) is 2.89. The minimum atomic E-state index is -0.525. The molecule has 0 saturated heterocycles. The van der Waals surface area contributed by atoms with Crippen LogP contribution >= 0.6 is 15.9 Å². The van der Waals surface area contributed by atoms with E-state index < -0.39 is 11.8 Å². The zero-order valence-electron chi connectivity index (χ0n) is 15.9. The van der Waals surface area contributed by atoms with Crippen LogP contribution in [0.4, 0.5) is 0 Å². The van der Waals surface area contributed by atoms with E-state index in [1.54, 1.807) is 12.1 Å². The van der Waals surface area contributed by atoms with Gasteiger partial charge in [-0.15, -0.1) is 0 Å². The van der Waals surface area contributed by atoms with Crippen LogP contribution in [0.25, 0.3) is 0 Å². The van der Waals surface area contributed by atoms with E-state index in [0.717, 1.165) is 0 Å². The first-order chi connectivity index (χ1) is 13.4. The van der Waals surface area contributed by atoms with Crippen LogP contribution in [0.15, 0.2) is 34.8 Å². The summed E-state index contributed by atoms with van der Waals surface area (Å²) in [4.78, 5) is 24.8. The topological polar surface area (TPSA) is 95.1 Å². The minimum Gasteiger partial charge on any atom is -0.497 e. The van der Waals surface area contributed by atoms with Crippen molar-refractivity contribution in [2.24, 2.45) is 0 Å². The summed E-state index contributed by atoms with van der Waals surface area (Å²) >= 11 is 3.36. The SMILES string of the molecule is CCOc1c(Br)cc(C(=O)NNC(=O)c2cc(OC)cc(OC)c2)cc1OC. The van der Waals surface area contributed by atoms with Gasteiger partial charge in [0.25, 0.3) is 11.8 Å². The summed E-state index contributed by atoms with van der Waals surface area (Å²) in [5.41, 5.74) is 5.26. The maximum atomic E-state index is 12.4. The molecule has 0 saturated carbocycles. The Morgan fingerprint density at radius 1 is 0.857 bits per heavy atom. The van der Waals surface area contributed by atoms with Crippen molar-refractivity contribution in [3.8, 4) is 23.0 Å². The van der Waals surface area contributed by atoms with Crippen molar-refractivity contribution in [3.05, 3.63) is 45.9 Å². The third-order valence-corrected chi connectivity index (χ3v) is 4.27. The van der Waals surface area contributed by atoms with E-state index in [-0.39, 0.29) is 11.1 Å². The molecular weight excluding hydrogens is 432 g/mol. The molecular formula is C19H21BrN2O6. The minimum absolute atomic E-state index is 0.266. The van der Waals surface area contributed by atoms with Crippen LogP contribution in [0.2, 0.25) is 0 Å². The van der Waals surface area contributed by atoms with E-state index in [0.29, 0.717) is 34.1 Å². The first-order valence-electron chi connectivity index (χ1n) is 8.27. The van der Waals surface area contributed by atoms with Gasteiger partial charge in [-0.25, -0.2) is 0 Å². The Balaban J connectivity index is 2.14. The summed E-state index contributed by atoms with van der Waals surface area (Å²) in [5.74, 6) is 0.749. The highest BCUT2D eigenvalue weighted by Gasteiger charge is 2.17. The highest BCUT2D eigenvalue weighted by Crippen LogP contribution is 2.36. The van der Waals surface area contributed by atoms with Gasteiger partial charge >= 0.3 is 0 Å². The number of amides is 2. The molecule has 0 aromatic heterocycles. The third-order valence-electron chi connectivity index (χ3n) is 3.68. The fraction of sp³-hybridized carbons (Fsp3) is 0.263. The quantitative estimate of drug-likeness (QED) is 0.627. The molecule has 0 fully saturated rings. The number of rotatable bonds is 7. The van der Waals surface area contributed by atoms with Crippen LogP contribution in [0.3, 0.4) is 0 Å². The lowest BCUT2D eigenvalue weighted by atomic mass is 10.2. The van der Waals surface area contributed by atoms with Gasteiger partial charge in [0.05, 0.1) is 32.4 Å². The molecule has 2 N–H and O–H groups in total. The Bertz CT molecular complexity index is 849. The van der Waals surface area contributed by atoms with E-state index in [1.165, 1.54) is 39.5 Å². The Kier molecular flexibility index (Phi) is 7.51. The summed E-state index contributed by atoms with van der Waals surface area (Å²) in [6, 6.07) is 7.79. The number of benzene rings is 2. The van der Waals surface area contributed by atoms with E-state index in [9.17, 15) is 9.59 Å². The number of hydrogen-bond acceptors (Lipinski definition) is 6. The molecule has 0 unspecified atom stereocenters. The van der Waals surface area contributed by atoms with Gasteiger partial charge in [0.1, 0.15) is 11.5 Å². The highest BCUT2D eigenvalue weighted by atomic mass is 79.9. The number of hydrogen-bond donors (Lipinski definition) is 2. The normalized spacial score (nSPS) is 10.0. The van der Waals surface area contributed by atoms with Crippen molar-refractivity contribution in [2.45, 2.75) is 6.92 Å². The van der Waals surface area contributed by atoms with Crippen molar-refractivity contribution in [3.63, 3.8) is 0 Å². The number of nitrogens with one attached hydrogen (secondary N) is 2. The zero-order valence-corrected chi connectivity index (χ0v) is 17.5. The second-order valence-electron chi connectivity index (χ2n) is 5.43. The van der Waals surface area contributed by atoms with Gasteiger partial charge in [0, 0.05) is 17.2 Å². The van der Waals surface area contributed by atoms with Crippen LogP contribution in [0.5, 0.6) is 23.0 Å². The van der Waals surface area contributed by atoms with Crippen LogP contribution in [-0.4, -0.2) is 39.8 Å². The van der Waals surface area contributed by atoms with Crippen LogP contribution in [-0.2, 0) is 0 Å². The number of halogens is 1. The van der Waals surface area contributed by atoms with Crippen molar-refractivity contribution in [2.75, 3.05) is 27.9 Å². The Labute approximate surface area is 171 Å². The summed E-state index contributed by atoms with van der Waals surface area (Å²) in [5, 5.41) is 0. The van der Waals surface area contributed by atoms with E-state index in [1.807, 2.05) is 6.92 Å². The zero-order chi connectivity index (χ0) is 20.7. The number of ether oxygens (including phenoxy) is 4. The molecule has 0 radical (unpaired) electrons. The van der Waals surface area contributed by atoms with Gasteiger partial charge < -0.3 is 18.9 Å². The molecule has 150 valence electrons. The first kappa shape index (κ1) is 21.4. The van der Waals surface area contributed by atoms with Gasteiger partial charge in [-0.3, -0.25) is 20.4 Å². The first-order valence-corrected chi connectivity index (χ1v) is 9.06. The molecule has 0 atom stereocenters. The molecule has 9 heteroatoms. The standard InChI is InChI=1S/C19H21BrN2O6/c1-5-28-17-15(20)8-12(9-16(17)27-4)19(24)22-21-18(23)11-6-13(25-2)10-14(7-11)26-3/h6-10H,5H2,1-4H3,(H,21,23)(H,22,24). The smallest absolute Gasteiger partial charge is 0.269 e. The lowest BCUT2D eigenvalue weighted by Gasteiger charge is -2.14. The van der Waals surface area contributed by atoms with Crippen molar-refractivity contribution in [1.29, 1.82) is 0 Å².